The number of nitrogens with zero attached hydrogens (tertiary/aromatic N) is 1. The number of carbonyl (C=O) groups excluding carboxylic acids is 2. The zero-order valence-electron chi connectivity index (χ0n) is 12.6. The molecule has 0 aromatic heterocycles. The van der Waals surface area contributed by atoms with Crippen LogP contribution in [0.25, 0.3) is 0 Å². The molecule has 0 bridgehead atoms. The molecule has 1 fully saturated rings. The van der Waals surface area contributed by atoms with Crippen molar-refractivity contribution in [3.63, 3.8) is 0 Å². The van der Waals surface area contributed by atoms with Crippen LogP contribution in [0.4, 0.5) is 11.4 Å². The van der Waals surface area contributed by atoms with Gasteiger partial charge in [-0.05, 0) is 48.9 Å². The fourth-order valence-electron chi connectivity index (χ4n) is 2.66. The summed E-state index contributed by atoms with van der Waals surface area (Å²) in [5.41, 5.74) is 7.12. The van der Waals surface area contributed by atoms with Crippen LogP contribution in [0.15, 0.2) is 42.5 Å². The van der Waals surface area contributed by atoms with Crippen molar-refractivity contribution in [3.8, 4) is 0 Å². The van der Waals surface area contributed by atoms with Crippen molar-refractivity contribution in [2.24, 2.45) is 5.73 Å². The lowest BCUT2D eigenvalue weighted by Gasteiger charge is -2.18. The molecule has 7 heteroatoms. The Morgan fingerprint density at radius 2 is 1.83 bits per heavy atom. The Labute approximate surface area is 149 Å². The summed E-state index contributed by atoms with van der Waals surface area (Å²) < 4.78 is 0. The Morgan fingerprint density at radius 3 is 2.46 bits per heavy atom. The summed E-state index contributed by atoms with van der Waals surface area (Å²) in [7, 11) is 0. The first-order valence-corrected chi connectivity index (χ1v) is 8.14. The molecule has 0 saturated carbocycles. The van der Waals surface area contributed by atoms with Crippen molar-refractivity contribution >= 4 is 46.4 Å². The van der Waals surface area contributed by atoms with Gasteiger partial charge in [0.15, 0.2) is 0 Å². The van der Waals surface area contributed by atoms with E-state index in [2.05, 4.69) is 5.32 Å². The lowest BCUT2D eigenvalue weighted by atomic mass is 10.1. The van der Waals surface area contributed by atoms with Crippen molar-refractivity contribution in [3.05, 3.63) is 58.1 Å². The number of amides is 2. The van der Waals surface area contributed by atoms with Crippen LogP contribution in [0.2, 0.25) is 10.0 Å². The molecule has 3 rings (SSSR count). The monoisotopic (exact) mass is 363 g/mol. The Morgan fingerprint density at radius 1 is 1.12 bits per heavy atom. The van der Waals surface area contributed by atoms with E-state index in [4.69, 9.17) is 28.9 Å². The Kier molecular flexibility index (Phi) is 4.64. The molecule has 1 aliphatic rings. The van der Waals surface area contributed by atoms with Crippen molar-refractivity contribution in [1.29, 1.82) is 0 Å². The van der Waals surface area contributed by atoms with Crippen LogP contribution in [0, 0.1) is 0 Å². The van der Waals surface area contributed by atoms with Gasteiger partial charge in [-0.2, -0.15) is 0 Å². The molecule has 2 aromatic carbocycles. The normalized spacial score (nSPS) is 17.2. The number of carbonyl (C=O) groups is 2. The summed E-state index contributed by atoms with van der Waals surface area (Å²) in [6.07, 6.45) is 0.663. The van der Waals surface area contributed by atoms with Crippen LogP contribution in [0.3, 0.4) is 0 Å². The van der Waals surface area contributed by atoms with E-state index in [1.165, 1.54) is 0 Å². The van der Waals surface area contributed by atoms with Gasteiger partial charge in [-0.15, -0.1) is 0 Å². The quantitative estimate of drug-likeness (QED) is 0.874. The second-order valence-corrected chi connectivity index (χ2v) is 6.33. The van der Waals surface area contributed by atoms with Gasteiger partial charge in [0.1, 0.15) is 6.04 Å². The lowest BCUT2D eigenvalue weighted by Crippen LogP contribution is -2.33. The van der Waals surface area contributed by atoms with E-state index in [0.29, 0.717) is 28.6 Å². The highest BCUT2D eigenvalue weighted by Crippen LogP contribution is 2.30. The number of hydrogen-bond acceptors (Lipinski definition) is 3. The average Bonchev–Trinajstić information content (AvgIpc) is 2.91. The van der Waals surface area contributed by atoms with E-state index in [0.717, 1.165) is 11.4 Å². The number of halogens is 2. The summed E-state index contributed by atoms with van der Waals surface area (Å²) in [4.78, 5) is 25.4. The fraction of sp³-hybridized carbons (Fsp3) is 0.176. The van der Waals surface area contributed by atoms with E-state index in [9.17, 15) is 9.59 Å². The number of nitrogens with two attached hydrogens (primary N) is 1. The minimum absolute atomic E-state index is 0.0348. The summed E-state index contributed by atoms with van der Waals surface area (Å²) in [6.45, 7) is 0.591. The molecule has 1 atom stereocenters. The predicted molar refractivity (Wildman–Crippen MR) is 95.8 cm³/mol. The highest BCUT2D eigenvalue weighted by Gasteiger charge is 2.32. The molecule has 2 aromatic rings. The maximum absolute atomic E-state index is 12.6. The van der Waals surface area contributed by atoms with Gasteiger partial charge in [0.25, 0.3) is 0 Å². The third-order valence-corrected chi connectivity index (χ3v) is 4.67. The van der Waals surface area contributed by atoms with Crippen LogP contribution in [-0.2, 0) is 4.79 Å². The molecule has 0 spiro atoms. The Balaban J connectivity index is 1.71. The van der Waals surface area contributed by atoms with Gasteiger partial charge >= 0.3 is 0 Å². The second-order valence-electron chi connectivity index (χ2n) is 5.52. The summed E-state index contributed by atoms with van der Waals surface area (Å²) in [5, 5.41) is 4.05. The molecule has 1 aliphatic heterocycles. The molecule has 2 amide bonds. The first kappa shape index (κ1) is 16.6. The van der Waals surface area contributed by atoms with Crippen LogP contribution in [0.1, 0.15) is 16.8 Å². The second kappa shape index (κ2) is 6.71. The molecular weight excluding hydrogens is 349 g/mol. The lowest BCUT2D eigenvalue weighted by molar-refractivity contribution is -0.117. The number of benzene rings is 2. The van der Waals surface area contributed by atoms with Gasteiger partial charge in [0.05, 0.1) is 10.0 Å². The molecule has 1 unspecified atom stereocenters. The van der Waals surface area contributed by atoms with Crippen LogP contribution in [0.5, 0.6) is 0 Å². The van der Waals surface area contributed by atoms with Gasteiger partial charge in [-0.3, -0.25) is 9.59 Å². The van der Waals surface area contributed by atoms with E-state index in [1.54, 1.807) is 47.4 Å². The molecule has 5 nitrogen and oxygen atoms in total. The first-order chi connectivity index (χ1) is 11.5. The molecule has 0 aliphatic carbocycles. The summed E-state index contributed by atoms with van der Waals surface area (Å²) >= 11 is 11.9. The third-order valence-electron chi connectivity index (χ3n) is 3.93. The molecule has 1 heterocycles. The summed E-state index contributed by atoms with van der Waals surface area (Å²) in [6, 6.07) is 11.5. The predicted octanol–water partition coefficient (Wildman–Crippen LogP) is 3.31. The zero-order chi connectivity index (χ0) is 17.3. The number of rotatable bonds is 4. The highest BCUT2D eigenvalue weighted by molar-refractivity contribution is 6.42. The maximum atomic E-state index is 12.6. The number of primary amides is 1. The van der Waals surface area contributed by atoms with Crippen LogP contribution < -0.4 is 16.0 Å². The largest absolute Gasteiger partial charge is 0.374 e. The Bertz CT molecular complexity index is 793. The SMILES string of the molecule is NC(=O)c1ccc(NC2CCN(c3ccc(Cl)c(Cl)c3)C2=O)cc1. The van der Waals surface area contributed by atoms with E-state index < -0.39 is 5.91 Å². The highest BCUT2D eigenvalue weighted by atomic mass is 35.5. The first-order valence-electron chi connectivity index (χ1n) is 7.38. The van der Waals surface area contributed by atoms with Crippen molar-refractivity contribution in [1.82, 2.24) is 0 Å². The summed E-state index contributed by atoms with van der Waals surface area (Å²) in [5.74, 6) is -0.517. The van der Waals surface area contributed by atoms with Gasteiger partial charge in [0, 0.05) is 23.5 Å². The van der Waals surface area contributed by atoms with Crippen LogP contribution >= 0.6 is 23.2 Å². The zero-order valence-corrected chi connectivity index (χ0v) is 14.1. The van der Waals surface area contributed by atoms with Gasteiger partial charge < -0.3 is 16.0 Å². The maximum Gasteiger partial charge on any atom is 0.249 e. The number of nitrogens with one attached hydrogen (secondary N) is 1. The van der Waals surface area contributed by atoms with Gasteiger partial charge in [0.2, 0.25) is 11.8 Å². The Hall–Kier alpha value is -2.24. The molecule has 124 valence electrons. The topological polar surface area (TPSA) is 75.4 Å². The minimum atomic E-state index is -0.482. The van der Waals surface area contributed by atoms with Crippen molar-refractivity contribution < 1.29 is 9.59 Å². The van der Waals surface area contributed by atoms with E-state index in [1.807, 2.05) is 0 Å². The van der Waals surface area contributed by atoms with Gasteiger partial charge in [-0.25, -0.2) is 0 Å². The van der Waals surface area contributed by atoms with Gasteiger partial charge in [-0.1, -0.05) is 23.2 Å². The third kappa shape index (κ3) is 3.32. The molecule has 24 heavy (non-hydrogen) atoms. The smallest absolute Gasteiger partial charge is 0.249 e. The molecule has 3 N–H and O–H groups in total. The standard InChI is InChI=1S/C17H15Cl2N3O2/c18-13-6-5-12(9-14(13)19)22-8-7-15(17(22)24)21-11-3-1-10(2-4-11)16(20)23/h1-6,9,15,21H,7-8H2,(H2,20,23). The van der Waals surface area contributed by atoms with E-state index >= 15 is 0 Å². The number of hydrogen-bond donors (Lipinski definition) is 2. The van der Waals surface area contributed by atoms with Crippen molar-refractivity contribution in [2.45, 2.75) is 12.5 Å². The molecule has 1 saturated heterocycles. The van der Waals surface area contributed by atoms with Crippen molar-refractivity contribution in [2.75, 3.05) is 16.8 Å². The average molecular weight is 364 g/mol. The number of anilines is 2. The fourth-order valence-corrected chi connectivity index (χ4v) is 2.95. The van der Waals surface area contributed by atoms with Crippen LogP contribution in [-0.4, -0.2) is 24.4 Å². The minimum Gasteiger partial charge on any atom is -0.374 e. The molecular formula is C17H15Cl2N3O2. The molecule has 0 radical (unpaired) electrons. The van der Waals surface area contributed by atoms with E-state index in [-0.39, 0.29) is 11.9 Å².